The van der Waals surface area contributed by atoms with Crippen molar-refractivity contribution in [2.45, 2.75) is 26.7 Å². The minimum atomic E-state index is 0.225. The molecule has 12 heavy (non-hydrogen) atoms. The average Bonchev–Trinajstić information content (AvgIpc) is 2.01. The van der Waals surface area contributed by atoms with Gasteiger partial charge in [0.15, 0.2) is 0 Å². The van der Waals surface area contributed by atoms with E-state index in [-0.39, 0.29) is 12.5 Å². The number of rotatable bonds is 2. The van der Waals surface area contributed by atoms with Crippen LogP contribution < -0.4 is 0 Å². The second-order valence-electron chi connectivity index (χ2n) is 3.50. The van der Waals surface area contributed by atoms with Crippen LogP contribution in [0.5, 0.6) is 0 Å². The zero-order chi connectivity index (χ0) is 9.14. The molecule has 0 heterocycles. The molecule has 1 heteroatoms. The van der Waals surface area contributed by atoms with Gasteiger partial charge in [0, 0.05) is 12.5 Å². The number of aliphatic hydroxyl groups excluding tert-OH is 1. The van der Waals surface area contributed by atoms with E-state index in [1.54, 1.807) is 0 Å². The molecule has 1 nitrogen and oxygen atoms in total. The van der Waals surface area contributed by atoms with E-state index in [9.17, 15) is 0 Å². The van der Waals surface area contributed by atoms with Gasteiger partial charge in [0.05, 0.1) is 0 Å². The molecule has 1 aromatic carbocycles. The van der Waals surface area contributed by atoms with Crippen molar-refractivity contribution in [2.24, 2.45) is 0 Å². The lowest BCUT2D eigenvalue weighted by molar-refractivity contribution is 0.273. The van der Waals surface area contributed by atoms with Crippen LogP contribution in [0.1, 0.15) is 29.5 Å². The Kier molecular flexibility index (Phi) is 2.88. The van der Waals surface area contributed by atoms with Crippen LogP contribution >= 0.6 is 0 Å². The normalized spacial score (nSPS) is 13.0. The summed E-state index contributed by atoms with van der Waals surface area (Å²) >= 11 is 0. The van der Waals surface area contributed by atoms with Gasteiger partial charge in [-0.2, -0.15) is 0 Å². The third-order valence-corrected chi connectivity index (χ3v) is 2.09. The second kappa shape index (κ2) is 3.72. The second-order valence-corrected chi connectivity index (χ2v) is 3.50. The predicted octanol–water partition coefficient (Wildman–Crippen LogP) is 2.40. The summed E-state index contributed by atoms with van der Waals surface area (Å²) in [6, 6.07) is 6.41. The largest absolute Gasteiger partial charge is 0.396 e. The molecule has 0 saturated carbocycles. The summed E-state index contributed by atoms with van der Waals surface area (Å²) in [5, 5.41) is 8.97. The first kappa shape index (κ1) is 9.27. The highest BCUT2D eigenvalue weighted by Crippen LogP contribution is 2.17. The summed E-state index contributed by atoms with van der Waals surface area (Å²) in [6.07, 6.45) is 0. The monoisotopic (exact) mass is 164 g/mol. The van der Waals surface area contributed by atoms with E-state index in [1.807, 2.05) is 6.92 Å². The minimum absolute atomic E-state index is 0.225. The number of aliphatic hydroxyl groups is 1. The van der Waals surface area contributed by atoms with Gasteiger partial charge in [-0.05, 0) is 19.4 Å². The van der Waals surface area contributed by atoms with Crippen LogP contribution in [0.4, 0.5) is 0 Å². The molecule has 0 aliphatic carbocycles. The molecule has 1 atom stereocenters. The summed E-state index contributed by atoms with van der Waals surface area (Å²) in [5.74, 6) is 0.253. The van der Waals surface area contributed by atoms with Gasteiger partial charge in [-0.25, -0.2) is 0 Å². The van der Waals surface area contributed by atoms with E-state index < -0.39 is 0 Å². The first-order chi connectivity index (χ1) is 5.63. The van der Waals surface area contributed by atoms with Crippen LogP contribution in [0.2, 0.25) is 0 Å². The Morgan fingerprint density at radius 3 is 2.08 bits per heavy atom. The first-order valence-corrected chi connectivity index (χ1v) is 4.32. The van der Waals surface area contributed by atoms with Crippen molar-refractivity contribution in [3.8, 4) is 0 Å². The molecular weight excluding hydrogens is 148 g/mol. The van der Waals surface area contributed by atoms with Crippen LogP contribution in [0.25, 0.3) is 0 Å². The number of aryl methyl sites for hydroxylation is 2. The molecule has 0 aliphatic heterocycles. The van der Waals surface area contributed by atoms with Crippen molar-refractivity contribution in [3.05, 3.63) is 34.9 Å². The smallest absolute Gasteiger partial charge is 0.0497 e. The maximum absolute atomic E-state index is 8.97. The van der Waals surface area contributed by atoms with Gasteiger partial charge in [0.25, 0.3) is 0 Å². The summed E-state index contributed by atoms with van der Waals surface area (Å²) in [4.78, 5) is 0. The summed E-state index contributed by atoms with van der Waals surface area (Å²) in [5.41, 5.74) is 3.77. The molecule has 0 aliphatic rings. The fraction of sp³-hybridized carbons (Fsp3) is 0.455. The maximum Gasteiger partial charge on any atom is 0.0497 e. The zero-order valence-corrected chi connectivity index (χ0v) is 7.96. The Balaban J connectivity index is 3.00. The highest BCUT2D eigenvalue weighted by molar-refractivity contribution is 5.30. The van der Waals surface area contributed by atoms with Crippen molar-refractivity contribution in [1.29, 1.82) is 0 Å². The van der Waals surface area contributed by atoms with Gasteiger partial charge in [-0.1, -0.05) is 36.2 Å². The van der Waals surface area contributed by atoms with Gasteiger partial charge in [-0.15, -0.1) is 0 Å². The van der Waals surface area contributed by atoms with Crippen molar-refractivity contribution in [1.82, 2.24) is 0 Å². The number of hydrogen-bond donors (Lipinski definition) is 1. The highest BCUT2D eigenvalue weighted by Gasteiger charge is 2.03. The van der Waals surface area contributed by atoms with Gasteiger partial charge < -0.3 is 5.11 Å². The van der Waals surface area contributed by atoms with Crippen molar-refractivity contribution >= 4 is 0 Å². The molecule has 0 aromatic heterocycles. The van der Waals surface area contributed by atoms with Crippen LogP contribution in [-0.2, 0) is 0 Å². The Labute approximate surface area is 74.1 Å². The quantitative estimate of drug-likeness (QED) is 0.711. The lowest BCUT2D eigenvalue weighted by Gasteiger charge is -2.10. The lowest BCUT2D eigenvalue weighted by atomic mass is 9.98. The molecule has 0 fully saturated rings. The van der Waals surface area contributed by atoms with Crippen molar-refractivity contribution in [3.63, 3.8) is 0 Å². The fourth-order valence-electron chi connectivity index (χ4n) is 1.40. The zero-order valence-electron chi connectivity index (χ0n) is 7.96. The molecule has 0 radical (unpaired) electrons. The predicted molar refractivity (Wildman–Crippen MR) is 51.4 cm³/mol. The van der Waals surface area contributed by atoms with Crippen LogP contribution in [0.15, 0.2) is 18.2 Å². The Bertz CT molecular complexity index is 245. The summed E-state index contributed by atoms with van der Waals surface area (Å²) in [7, 11) is 0. The lowest BCUT2D eigenvalue weighted by Crippen LogP contribution is -1.99. The molecule has 66 valence electrons. The molecule has 1 rings (SSSR count). The van der Waals surface area contributed by atoms with Crippen molar-refractivity contribution < 1.29 is 5.11 Å². The van der Waals surface area contributed by atoms with Gasteiger partial charge in [0.1, 0.15) is 0 Å². The molecule has 0 unspecified atom stereocenters. The van der Waals surface area contributed by atoms with E-state index in [4.69, 9.17) is 5.11 Å². The van der Waals surface area contributed by atoms with Gasteiger partial charge in [0.2, 0.25) is 0 Å². The standard InChI is InChI=1S/C11H16O/c1-8-4-9(2)6-11(5-8)10(3)7-12/h4-6,10,12H,7H2,1-3H3/t10-/m0/s1. The summed E-state index contributed by atoms with van der Waals surface area (Å²) in [6.45, 7) is 6.43. The molecule has 0 saturated heterocycles. The maximum atomic E-state index is 8.97. The minimum Gasteiger partial charge on any atom is -0.396 e. The van der Waals surface area contributed by atoms with Crippen molar-refractivity contribution in [2.75, 3.05) is 6.61 Å². The molecule has 1 aromatic rings. The molecule has 0 bridgehead atoms. The van der Waals surface area contributed by atoms with Crippen LogP contribution in [0.3, 0.4) is 0 Å². The SMILES string of the molecule is Cc1cc(C)cc([C@@H](C)CO)c1. The van der Waals surface area contributed by atoms with Crippen LogP contribution in [-0.4, -0.2) is 11.7 Å². The average molecular weight is 164 g/mol. The Morgan fingerprint density at radius 2 is 1.67 bits per heavy atom. The Hall–Kier alpha value is -0.820. The molecule has 0 spiro atoms. The van der Waals surface area contributed by atoms with E-state index in [0.29, 0.717) is 0 Å². The van der Waals surface area contributed by atoms with E-state index in [1.165, 1.54) is 16.7 Å². The number of benzene rings is 1. The Morgan fingerprint density at radius 1 is 1.17 bits per heavy atom. The van der Waals surface area contributed by atoms with E-state index in [2.05, 4.69) is 32.0 Å². The third-order valence-electron chi connectivity index (χ3n) is 2.09. The first-order valence-electron chi connectivity index (χ1n) is 4.32. The van der Waals surface area contributed by atoms with E-state index in [0.717, 1.165) is 0 Å². The molecular formula is C11H16O. The molecule has 0 amide bonds. The van der Waals surface area contributed by atoms with E-state index >= 15 is 0 Å². The third kappa shape index (κ3) is 2.08. The van der Waals surface area contributed by atoms with Gasteiger partial charge >= 0.3 is 0 Å². The van der Waals surface area contributed by atoms with Gasteiger partial charge in [-0.3, -0.25) is 0 Å². The number of hydrogen-bond acceptors (Lipinski definition) is 1. The highest BCUT2D eigenvalue weighted by atomic mass is 16.3. The van der Waals surface area contributed by atoms with Crippen LogP contribution in [0, 0.1) is 13.8 Å². The summed E-state index contributed by atoms with van der Waals surface area (Å²) < 4.78 is 0. The topological polar surface area (TPSA) is 20.2 Å². The fourth-order valence-corrected chi connectivity index (χ4v) is 1.40. The molecule has 1 N–H and O–H groups in total.